The Hall–Kier alpha value is -1.70. The summed E-state index contributed by atoms with van der Waals surface area (Å²) >= 11 is 0. The number of carbonyl (C=O) groups excluding carboxylic acids is 1. The number of nitrogens with zero attached hydrogens (tertiary/aromatic N) is 1. The van der Waals surface area contributed by atoms with E-state index in [0.717, 1.165) is 34.8 Å². The Bertz CT molecular complexity index is 915. The van der Waals surface area contributed by atoms with E-state index in [1.54, 1.807) is 5.32 Å². The number of rotatable bonds is 6. The molecule has 13 heteroatoms. The van der Waals surface area contributed by atoms with Gasteiger partial charge in [-0.15, -0.1) is 0 Å². The number of alkyl halides is 3. The fraction of sp³-hybridized carbons (Fsp3) is 0.533. The number of sulfonamides is 2. The Labute approximate surface area is 161 Å². The Balaban J connectivity index is 2.10. The van der Waals surface area contributed by atoms with Gasteiger partial charge in [-0.2, -0.15) is 17.5 Å². The third kappa shape index (κ3) is 6.43. The molecule has 1 aromatic carbocycles. The minimum absolute atomic E-state index is 0.0385. The molecule has 0 aromatic heterocycles. The second-order valence-corrected chi connectivity index (χ2v) is 10.1. The first-order valence-electron chi connectivity index (χ1n) is 8.20. The number of hydrogen-bond acceptors (Lipinski definition) is 5. The van der Waals surface area contributed by atoms with Gasteiger partial charge in [0.2, 0.25) is 20.0 Å². The molecule has 1 saturated heterocycles. The molecule has 1 aliphatic rings. The number of halogens is 3. The zero-order valence-electron chi connectivity index (χ0n) is 14.9. The van der Waals surface area contributed by atoms with Crippen LogP contribution in [0.3, 0.4) is 0 Å². The molecule has 0 spiro atoms. The predicted molar refractivity (Wildman–Crippen MR) is 94.6 cm³/mol. The molecule has 1 unspecified atom stereocenters. The molecule has 2 rings (SSSR count). The summed E-state index contributed by atoms with van der Waals surface area (Å²) in [7, 11) is -7.43. The third-order valence-electron chi connectivity index (χ3n) is 3.97. The summed E-state index contributed by atoms with van der Waals surface area (Å²) in [6.45, 7) is -1.32. The van der Waals surface area contributed by atoms with Crippen molar-refractivity contribution in [1.29, 1.82) is 0 Å². The summed E-state index contributed by atoms with van der Waals surface area (Å²) in [5.74, 6) is -0.975. The average molecular weight is 443 g/mol. The van der Waals surface area contributed by atoms with Crippen molar-refractivity contribution in [3.8, 4) is 0 Å². The number of carbonyl (C=O) groups is 1. The van der Waals surface area contributed by atoms with E-state index in [2.05, 4.69) is 4.72 Å². The van der Waals surface area contributed by atoms with Gasteiger partial charge in [0.1, 0.15) is 6.54 Å². The fourth-order valence-electron chi connectivity index (χ4n) is 2.77. The van der Waals surface area contributed by atoms with Crippen molar-refractivity contribution in [1.82, 2.24) is 14.3 Å². The topological polar surface area (TPSA) is 113 Å². The van der Waals surface area contributed by atoms with Gasteiger partial charge < -0.3 is 5.32 Å². The molecule has 2 N–H and O–H groups in total. The van der Waals surface area contributed by atoms with Crippen molar-refractivity contribution in [2.45, 2.75) is 30.0 Å². The van der Waals surface area contributed by atoms with Gasteiger partial charge in [-0.25, -0.2) is 21.6 Å². The van der Waals surface area contributed by atoms with Gasteiger partial charge in [0, 0.05) is 24.7 Å². The van der Waals surface area contributed by atoms with E-state index >= 15 is 0 Å². The lowest BCUT2D eigenvalue weighted by molar-refractivity contribution is -0.123. The second-order valence-electron chi connectivity index (χ2n) is 6.41. The van der Waals surface area contributed by atoms with Crippen LogP contribution in [-0.4, -0.2) is 65.2 Å². The SMILES string of the molecule is CS(=O)(=O)NC1CCCN(S(=O)(=O)c2ccc(C(=O)NCC(F)(F)F)cc2)C1. The van der Waals surface area contributed by atoms with Crippen LogP contribution < -0.4 is 10.0 Å². The number of benzene rings is 1. The van der Waals surface area contributed by atoms with E-state index < -0.39 is 44.7 Å². The van der Waals surface area contributed by atoms with Gasteiger partial charge in [0.15, 0.2) is 0 Å². The summed E-state index contributed by atoms with van der Waals surface area (Å²) in [6, 6.07) is 3.95. The standard InChI is InChI=1S/C15H20F3N3O5S2/c1-27(23,24)20-12-3-2-8-21(9-12)28(25,26)13-6-4-11(5-7-13)14(22)19-10-15(16,17)18/h4-7,12,20H,2-3,8-10H2,1H3,(H,19,22). The molecular formula is C15H20F3N3O5S2. The Kier molecular flexibility index (Phi) is 6.74. The summed E-state index contributed by atoms with van der Waals surface area (Å²) in [6.07, 6.45) is -2.60. The Morgan fingerprint density at radius 2 is 1.79 bits per heavy atom. The molecule has 0 bridgehead atoms. The lowest BCUT2D eigenvalue weighted by Crippen LogP contribution is -2.49. The van der Waals surface area contributed by atoms with Crippen molar-refractivity contribution in [2.75, 3.05) is 25.9 Å². The quantitative estimate of drug-likeness (QED) is 0.672. The molecule has 1 atom stereocenters. The highest BCUT2D eigenvalue weighted by atomic mass is 32.2. The molecule has 1 amide bonds. The van der Waals surface area contributed by atoms with Crippen LogP contribution in [0.25, 0.3) is 0 Å². The second kappa shape index (κ2) is 8.35. The van der Waals surface area contributed by atoms with Crippen LogP contribution in [0, 0.1) is 0 Å². The highest BCUT2D eigenvalue weighted by Gasteiger charge is 2.32. The Morgan fingerprint density at radius 1 is 1.18 bits per heavy atom. The molecule has 158 valence electrons. The summed E-state index contributed by atoms with van der Waals surface area (Å²) in [4.78, 5) is 11.6. The molecular weight excluding hydrogens is 423 g/mol. The van der Waals surface area contributed by atoms with E-state index in [0.29, 0.717) is 12.8 Å². The molecule has 0 radical (unpaired) electrons. The fourth-order valence-corrected chi connectivity index (χ4v) is 5.09. The monoisotopic (exact) mass is 443 g/mol. The predicted octanol–water partition coefficient (Wildman–Crippen LogP) is 0.681. The van der Waals surface area contributed by atoms with Gasteiger partial charge >= 0.3 is 6.18 Å². The van der Waals surface area contributed by atoms with Crippen LogP contribution in [0.1, 0.15) is 23.2 Å². The smallest absolute Gasteiger partial charge is 0.343 e. The molecule has 28 heavy (non-hydrogen) atoms. The van der Waals surface area contributed by atoms with Crippen LogP contribution in [0.15, 0.2) is 29.2 Å². The normalized spacial score (nSPS) is 19.4. The number of hydrogen-bond donors (Lipinski definition) is 2. The van der Waals surface area contributed by atoms with Crippen LogP contribution in [0.2, 0.25) is 0 Å². The molecule has 1 fully saturated rings. The van der Waals surface area contributed by atoms with E-state index in [9.17, 15) is 34.8 Å². The highest BCUT2D eigenvalue weighted by Crippen LogP contribution is 2.21. The van der Waals surface area contributed by atoms with Crippen molar-refractivity contribution in [3.05, 3.63) is 29.8 Å². The van der Waals surface area contributed by atoms with Crippen LogP contribution >= 0.6 is 0 Å². The summed E-state index contributed by atoms with van der Waals surface area (Å²) in [5.41, 5.74) is -0.113. The maximum Gasteiger partial charge on any atom is 0.405 e. The average Bonchev–Trinajstić information content (AvgIpc) is 2.58. The van der Waals surface area contributed by atoms with Gasteiger partial charge in [-0.1, -0.05) is 0 Å². The van der Waals surface area contributed by atoms with Crippen molar-refractivity contribution < 1.29 is 34.8 Å². The molecule has 0 saturated carbocycles. The number of piperidine rings is 1. The molecule has 1 heterocycles. The van der Waals surface area contributed by atoms with Crippen LogP contribution in [-0.2, 0) is 20.0 Å². The molecule has 1 aliphatic heterocycles. The van der Waals surface area contributed by atoms with E-state index in [1.165, 1.54) is 0 Å². The highest BCUT2D eigenvalue weighted by molar-refractivity contribution is 7.89. The van der Waals surface area contributed by atoms with Crippen LogP contribution in [0.4, 0.5) is 13.2 Å². The van der Waals surface area contributed by atoms with E-state index in [-0.39, 0.29) is 23.5 Å². The summed E-state index contributed by atoms with van der Waals surface area (Å²) < 4.78 is 88.2. The van der Waals surface area contributed by atoms with Crippen molar-refractivity contribution in [2.24, 2.45) is 0 Å². The van der Waals surface area contributed by atoms with Gasteiger partial charge in [-0.05, 0) is 37.1 Å². The maximum absolute atomic E-state index is 12.7. The number of amides is 1. The van der Waals surface area contributed by atoms with Crippen LogP contribution in [0.5, 0.6) is 0 Å². The molecule has 8 nitrogen and oxygen atoms in total. The lowest BCUT2D eigenvalue weighted by Gasteiger charge is -2.31. The minimum atomic E-state index is -4.55. The molecule has 1 aromatic rings. The Morgan fingerprint density at radius 3 is 2.32 bits per heavy atom. The first-order valence-corrected chi connectivity index (χ1v) is 11.5. The zero-order valence-corrected chi connectivity index (χ0v) is 16.5. The zero-order chi connectivity index (χ0) is 21.2. The van der Waals surface area contributed by atoms with E-state index in [1.807, 2.05) is 0 Å². The van der Waals surface area contributed by atoms with Crippen molar-refractivity contribution in [3.63, 3.8) is 0 Å². The molecule has 0 aliphatic carbocycles. The minimum Gasteiger partial charge on any atom is -0.343 e. The maximum atomic E-state index is 12.7. The first kappa shape index (κ1) is 22.6. The van der Waals surface area contributed by atoms with Gasteiger partial charge in [-0.3, -0.25) is 4.79 Å². The third-order valence-corrected chi connectivity index (χ3v) is 6.61. The van der Waals surface area contributed by atoms with Gasteiger partial charge in [0.25, 0.3) is 5.91 Å². The summed E-state index contributed by atoms with van der Waals surface area (Å²) in [5, 5.41) is 1.70. The first-order chi connectivity index (χ1) is 12.8. The number of nitrogens with one attached hydrogen (secondary N) is 2. The van der Waals surface area contributed by atoms with E-state index in [4.69, 9.17) is 0 Å². The lowest BCUT2D eigenvalue weighted by atomic mass is 10.1. The van der Waals surface area contributed by atoms with Gasteiger partial charge in [0.05, 0.1) is 11.2 Å². The van der Waals surface area contributed by atoms with Crippen molar-refractivity contribution >= 4 is 26.0 Å². The largest absolute Gasteiger partial charge is 0.405 e.